The number of rotatable bonds is 4. The standard InChI is InChI=1S/C14H11BrFNO2/c15-11-7-6-10(8-12(11)16)19-13(14(17)18)9-4-2-1-3-5-9/h1-8,13H,(H2,17,18). The SMILES string of the molecule is NC(=O)C(Oc1ccc(Br)c(F)c1)c1ccccc1. The predicted octanol–water partition coefficient (Wildman–Crippen LogP) is 3.19. The second-order valence-corrected chi connectivity index (χ2v) is 4.74. The zero-order valence-corrected chi connectivity index (χ0v) is 11.4. The summed E-state index contributed by atoms with van der Waals surface area (Å²) in [4.78, 5) is 11.5. The highest BCUT2D eigenvalue weighted by molar-refractivity contribution is 9.10. The lowest BCUT2D eigenvalue weighted by Gasteiger charge is -2.16. The summed E-state index contributed by atoms with van der Waals surface area (Å²) < 4.78 is 19.2. The van der Waals surface area contributed by atoms with Crippen LogP contribution in [0.2, 0.25) is 0 Å². The van der Waals surface area contributed by atoms with Gasteiger partial charge in [0.05, 0.1) is 4.47 Å². The number of primary amides is 1. The summed E-state index contributed by atoms with van der Waals surface area (Å²) >= 11 is 3.05. The van der Waals surface area contributed by atoms with Gasteiger partial charge in [0.2, 0.25) is 6.10 Å². The Bertz CT molecular complexity index is 589. The Kier molecular flexibility index (Phi) is 4.16. The average Bonchev–Trinajstić information content (AvgIpc) is 2.40. The first-order valence-corrected chi connectivity index (χ1v) is 6.33. The lowest BCUT2D eigenvalue weighted by Crippen LogP contribution is -2.26. The van der Waals surface area contributed by atoms with E-state index in [1.165, 1.54) is 12.1 Å². The first kappa shape index (κ1) is 13.5. The second-order valence-electron chi connectivity index (χ2n) is 3.89. The van der Waals surface area contributed by atoms with E-state index in [0.717, 1.165) is 0 Å². The van der Waals surface area contributed by atoms with Gasteiger partial charge in [-0.05, 0) is 28.1 Å². The minimum Gasteiger partial charge on any atom is -0.476 e. The highest BCUT2D eigenvalue weighted by Crippen LogP contribution is 2.25. The maximum absolute atomic E-state index is 13.4. The number of amides is 1. The summed E-state index contributed by atoms with van der Waals surface area (Å²) in [5, 5.41) is 0. The van der Waals surface area contributed by atoms with Gasteiger partial charge in [0.1, 0.15) is 11.6 Å². The molecule has 0 aliphatic carbocycles. The van der Waals surface area contributed by atoms with E-state index in [9.17, 15) is 9.18 Å². The third kappa shape index (κ3) is 3.32. The van der Waals surface area contributed by atoms with Gasteiger partial charge < -0.3 is 10.5 Å². The van der Waals surface area contributed by atoms with Crippen LogP contribution in [-0.2, 0) is 4.79 Å². The zero-order chi connectivity index (χ0) is 13.8. The van der Waals surface area contributed by atoms with Crippen LogP contribution < -0.4 is 10.5 Å². The van der Waals surface area contributed by atoms with Crippen molar-refractivity contribution in [3.63, 3.8) is 0 Å². The van der Waals surface area contributed by atoms with Crippen LogP contribution in [-0.4, -0.2) is 5.91 Å². The zero-order valence-electron chi connectivity index (χ0n) is 9.85. The molecule has 0 bridgehead atoms. The number of hydrogen-bond donors (Lipinski definition) is 1. The van der Waals surface area contributed by atoms with E-state index in [1.807, 2.05) is 6.07 Å². The van der Waals surface area contributed by atoms with Crippen LogP contribution in [0.25, 0.3) is 0 Å². The average molecular weight is 324 g/mol. The highest BCUT2D eigenvalue weighted by Gasteiger charge is 2.19. The van der Waals surface area contributed by atoms with Gasteiger partial charge in [-0.3, -0.25) is 4.79 Å². The minimum atomic E-state index is -0.943. The van der Waals surface area contributed by atoms with Crippen LogP contribution in [0, 0.1) is 5.82 Å². The number of carbonyl (C=O) groups is 1. The van der Waals surface area contributed by atoms with Gasteiger partial charge in [0.15, 0.2) is 0 Å². The Hall–Kier alpha value is -1.88. The molecular formula is C14H11BrFNO2. The molecule has 3 nitrogen and oxygen atoms in total. The van der Waals surface area contributed by atoms with Crippen LogP contribution in [0.5, 0.6) is 5.75 Å². The van der Waals surface area contributed by atoms with E-state index in [-0.39, 0.29) is 5.75 Å². The third-order valence-corrected chi connectivity index (χ3v) is 3.15. The topological polar surface area (TPSA) is 52.3 Å². The molecule has 1 amide bonds. The van der Waals surface area contributed by atoms with Crippen LogP contribution in [0.1, 0.15) is 11.7 Å². The maximum atomic E-state index is 13.4. The summed E-state index contributed by atoms with van der Waals surface area (Å²) in [6.45, 7) is 0. The van der Waals surface area contributed by atoms with Gasteiger partial charge in [-0.2, -0.15) is 0 Å². The summed E-state index contributed by atoms with van der Waals surface area (Å²) in [7, 11) is 0. The molecular weight excluding hydrogens is 313 g/mol. The van der Waals surface area contributed by atoms with Gasteiger partial charge in [-0.1, -0.05) is 30.3 Å². The van der Waals surface area contributed by atoms with E-state index in [4.69, 9.17) is 10.5 Å². The number of hydrogen-bond acceptors (Lipinski definition) is 2. The van der Waals surface area contributed by atoms with E-state index >= 15 is 0 Å². The third-order valence-electron chi connectivity index (χ3n) is 2.51. The molecule has 0 heterocycles. The number of benzene rings is 2. The van der Waals surface area contributed by atoms with Crippen molar-refractivity contribution >= 4 is 21.8 Å². The first-order valence-electron chi connectivity index (χ1n) is 5.54. The molecule has 1 atom stereocenters. The van der Waals surface area contributed by atoms with Gasteiger partial charge in [-0.15, -0.1) is 0 Å². The van der Waals surface area contributed by atoms with Gasteiger partial charge in [0, 0.05) is 11.6 Å². The molecule has 5 heteroatoms. The van der Waals surface area contributed by atoms with Gasteiger partial charge in [-0.25, -0.2) is 4.39 Å². The Morgan fingerprint density at radius 2 is 1.89 bits per heavy atom. The molecule has 0 aliphatic rings. The molecule has 0 radical (unpaired) electrons. The summed E-state index contributed by atoms with van der Waals surface area (Å²) in [5.74, 6) is -0.850. The van der Waals surface area contributed by atoms with Gasteiger partial charge >= 0.3 is 0 Å². The fourth-order valence-corrected chi connectivity index (χ4v) is 1.85. The number of ether oxygens (including phenoxy) is 1. The van der Waals surface area contributed by atoms with Crippen LogP contribution >= 0.6 is 15.9 Å². The Labute approximate surface area is 118 Å². The molecule has 0 aliphatic heterocycles. The van der Waals surface area contributed by atoms with E-state index < -0.39 is 17.8 Å². The monoisotopic (exact) mass is 323 g/mol. The Balaban J connectivity index is 2.27. The van der Waals surface area contributed by atoms with Crippen LogP contribution in [0.15, 0.2) is 53.0 Å². The predicted molar refractivity (Wildman–Crippen MR) is 73.1 cm³/mol. The van der Waals surface area contributed by atoms with Crippen molar-refractivity contribution in [3.8, 4) is 5.75 Å². The normalized spacial score (nSPS) is 11.9. The molecule has 2 aromatic rings. The quantitative estimate of drug-likeness (QED) is 0.939. The van der Waals surface area contributed by atoms with Crippen molar-refractivity contribution in [2.24, 2.45) is 5.73 Å². The number of nitrogens with two attached hydrogens (primary N) is 1. The molecule has 98 valence electrons. The maximum Gasteiger partial charge on any atom is 0.263 e. The molecule has 2 N–H and O–H groups in total. The molecule has 0 aromatic heterocycles. The molecule has 0 saturated carbocycles. The molecule has 19 heavy (non-hydrogen) atoms. The largest absolute Gasteiger partial charge is 0.476 e. The van der Waals surface area contributed by atoms with E-state index in [2.05, 4.69) is 15.9 Å². The Morgan fingerprint density at radius 1 is 1.21 bits per heavy atom. The van der Waals surface area contributed by atoms with Crippen molar-refractivity contribution in [1.29, 1.82) is 0 Å². The lowest BCUT2D eigenvalue weighted by molar-refractivity contribution is -0.125. The molecule has 1 unspecified atom stereocenters. The molecule has 2 aromatic carbocycles. The molecule has 2 rings (SSSR count). The van der Waals surface area contributed by atoms with Crippen molar-refractivity contribution in [3.05, 3.63) is 64.4 Å². The van der Waals surface area contributed by atoms with E-state index in [0.29, 0.717) is 10.0 Å². The van der Waals surface area contributed by atoms with Gasteiger partial charge in [0.25, 0.3) is 5.91 Å². The minimum absolute atomic E-state index is 0.244. The van der Waals surface area contributed by atoms with Crippen LogP contribution in [0.4, 0.5) is 4.39 Å². The van der Waals surface area contributed by atoms with E-state index in [1.54, 1.807) is 30.3 Å². The summed E-state index contributed by atoms with van der Waals surface area (Å²) in [6.07, 6.45) is -0.943. The summed E-state index contributed by atoms with van der Waals surface area (Å²) in [5.41, 5.74) is 5.94. The van der Waals surface area contributed by atoms with Crippen LogP contribution in [0.3, 0.4) is 0 Å². The fraction of sp³-hybridized carbons (Fsp3) is 0.0714. The molecule has 0 saturated heterocycles. The van der Waals surface area contributed by atoms with Crippen molar-refractivity contribution in [2.45, 2.75) is 6.10 Å². The molecule has 0 spiro atoms. The second kappa shape index (κ2) is 5.84. The van der Waals surface area contributed by atoms with Crippen molar-refractivity contribution in [1.82, 2.24) is 0 Å². The fourth-order valence-electron chi connectivity index (χ4n) is 1.60. The first-order chi connectivity index (χ1) is 9.08. The van der Waals surface area contributed by atoms with Crippen molar-refractivity contribution in [2.75, 3.05) is 0 Å². The Morgan fingerprint density at radius 3 is 2.47 bits per heavy atom. The number of carbonyl (C=O) groups excluding carboxylic acids is 1. The number of halogens is 2. The molecule has 0 fully saturated rings. The summed E-state index contributed by atoms with van der Waals surface area (Å²) in [6, 6.07) is 13.1. The van der Waals surface area contributed by atoms with Crippen molar-refractivity contribution < 1.29 is 13.9 Å². The lowest BCUT2D eigenvalue weighted by atomic mass is 10.1. The highest BCUT2D eigenvalue weighted by atomic mass is 79.9. The smallest absolute Gasteiger partial charge is 0.263 e.